The van der Waals surface area contributed by atoms with Crippen molar-refractivity contribution in [3.8, 4) is 0 Å². The molecule has 120 valence electrons. The van der Waals surface area contributed by atoms with Gasteiger partial charge in [-0.25, -0.2) is 0 Å². The molecule has 0 radical (unpaired) electrons. The Balaban J connectivity index is 2.27. The fourth-order valence-electron chi connectivity index (χ4n) is 2.27. The molecule has 0 spiro atoms. The Bertz CT molecular complexity index is 840. The minimum atomic E-state index is -0.576. The quantitative estimate of drug-likeness (QED) is 0.692. The number of aromatic nitrogens is 1. The van der Waals surface area contributed by atoms with Gasteiger partial charge in [-0.1, -0.05) is 12.1 Å². The first-order valence-electron chi connectivity index (χ1n) is 7.02. The third-order valence-electron chi connectivity index (χ3n) is 3.80. The van der Waals surface area contributed by atoms with Gasteiger partial charge in [0.05, 0.1) is 10.6 Å². The summed E-state index contributed by atoms with van der Waals surface area (Å²) < 4.78 is 1.10. The average Bonchev–Trinajstić information content (AvgIpc) is 2.48. The molecule has 0 saturated carbocycles. The van der Waals surface area contributed by atoms with Gasteiger partial charge in [0.15, 0.2) is 0 Å². The van der Waals surface area contributed by atoms with E-state index in [-0.39, 0.29) is 17.9 Å². The molecule has 1 N–H and O–H groups in total. The predicted octanol–water partition coefficient (Wildman–Crippen LogP) is 2.32. The van der Waals surface area contributed by atoms with Crippen LogP contribution in [0.4, 0.5) is 11.4 Å². The van der Waals surface area contributed by atoms with Gasteiger partial charge in [-0.2, -0.15) is 0 Å². The monoisotopic (exact) mass is 315 g/mol. The number of nitro groups is 1. The van der Waals surface area contributed by atoms with Crippen molar-refractivity contribution in [3.63, 3.8) is 0 Å². The van der Waals surface area contributed by atoms with Crippen LogP contribution in [-0.2, 0) is 11.3 Å². The van der Waals surface area contributed by atoms with E-state index < -0.39 is 16.4 Å². The number of hydrogen-bond donors (Lipinski definition) is 1. The van der Waals surface area contributed by atoms with E-state index in [1.807, 2.05) is 26.0 Å². The lowest BCUT2D eigenvalue weighted by atomic mass is 10.1. The van der Waals surface area contributed by atoms with Crippen LogP contribution in [0.1, 0.15) is 16.8 Å². The van der Waals surface area contributed by atoms with Gasteiger partial charge in [0.2, 0.25) is 5.91 Å². The molecular formula is C16H17N3O4. The third kappa shape index (κ3) is 3.45. The van der Waals surface area contributed by atoms with Crippen molar-refractivity contribution in [2.45, 2.75) is 27.3 Å². The van der Waals surface area contributed by atoms with E-state index in [0.29, 0.717) is 5.69 Å². The van der Waals surface area contributed by atoms with Gasteiger partial charge in [-0.05, 0) is 38.0 Å². The molecule has 0 fully saturated rings. The summed E-state index contributed by atoms with van der Waals surface area (Å²) in [6, 6.07) is 7.76. The lowest BCUT2D eigenvalue weighted by Gasteiger charge is -2.12. The zero-order valence-electron chi connectivity index (χ0n) is 13.1. The van der Waals surface area contributed by atoms with E-state index >= 15 is 0 Å². The summed E-state index contributed by atoms with van der Waals surface area (Å²) in [7, 11) is 0. The van der Waals surface area contributed by atoms with Gasteiger partial charge in [0, 0.05) is 17.8 Å². The molecule has 0 saturated heterocycles. The van der Waals surface area contributed by atoms with E-state index in [1.165, 1.54) is 6.92 Å². The summed E-state index contributed by atoms with van der Waals surface area (Å²) in [5.41, 5.74) is 2.13. The van der Waals surface area contributed by atoms with Crippen molar-refractivity contribution in [2.75, 3.05) is 5.32 Å². The van der Waals surface area contributed by atoms with Crippen LogP contribution in [-0.4, -0.2) is 15.4 Å². The summed E-state index contributed by atoms with van der Waals surface area (Å²) in [5, 5.41) is 13.7. The number of carbonyl (C=O) groups is 1. The molecule has 0 atom stereocenters. The summed E-state index contributed by atoms with van der Waals surface area (Å²) in [4.78, 5) is 34.4. The highest BCUT2D eigenvalue weighted by atomic mass is 16.6. The Kier molecular flexibility index (Phi) is 4.59. The van der Waals surface area contributed by atoms with Crippen LogP contribution in [0.15, 0.2) is 35.1 Å². The number of rotatable bonds is 4. The van der Waals surface area contributed by atoms with Crippen LogP contribution >= 0.6 is 0 Å². The lowest BCUT2D eigenvalue weighted by molar-refractivity contribution is -0.386. The first kappa shape index (κ1) is 16.4. The number of nitrogens with one attached hydrogen (secondary N) is 1. The van der Waals surface area contributed by atoms with E-state index in [9.17, 15) is 19.7 Å². The van der Waals surface area contributed by atoms with Gasteiger partial charge in [-0.3, -0.25) is 24.3 Å². The first-order chi connectivity index (χ1) is 10.8. The highest BCUT2D eigenvalue weighted by Gasteiger charge is 2.17. The van der Waals surface area contributed by atoms with E-state index in [4.69, 9.17) is 0 Å². The molecule has 2 rings (SSSR count). The SMILES string of the molecule is Cc1cccc(NC(=O)Cn2c(C)c([N+](=O)[O-])ccc2=O)c1C. The number of benzene rings is 1. The van der Waals surface area contributed by atoms with Crippen LogP contribution < -0.4 is 10.9 Å². The fourth-order valence-corrected chi connectivity index (χ4v) is 2.27. The van der Waals surface area contributed by atoms with Crippen molar-refractivity contribution in [1.82, 2.24) is 4.57 Å². The smallest absolute Gasteiger partial charge is 0.288 e. The second kappa shape index (κ2) is 6.43. The van der Waals surface area contributed by atoms with Crippen molar-refractivity contribution in [3.05, 3.63) is 67.6 Å². The Hall–Kier alpha value is -2.96. The molecule has 0 aliphatic rings. The molecule has 1 aromatic carbocycles. The largest absolute Gasteiger partial charge is 0.324 e. The van der Waals surface area contributed by atoms with Gasteiger partial charge >= 0.3 is 0 Å². The first-order valence-corrected chi connectivity index (χ1v) is 7.02. The Morgan fingerprint density at radius 1 is 1.22 bits per heavy atom. The third-order valence-corrected chi connectivity index (χ3v) is 3.80. The van der Waals surface area contributed by atoms with Gasteiger partial charge in [0.1, 0.15) is 6.54 Å². The topological polar surface area (TPSA) is 94.2 Å². The number of hydrogen-bond acceptors (Lipinski definition) is 4. The Labute approximate surface area is 132 Å². The maximum atomic E-state index is 12.2. The number of carbonyl (C=O) groups excluding carboxylic acids is 1. The molecule has 23 heavy (non-hydrogen) atoms. The zero-order chi connectivity index (χ0) is 17.1. The highest BCUT2D eigenvalue weighted by molar-refractivity contribution is 5.91. The van der Waals surface area contributed by atoms with Crippen LogP contribution in [0.2, 0.25) is 0 Å². The Morgan fingerprint density at radius 3 is 2.57 bits per heavy atom. The van der Waals surface area contributed by atoms with E-state index in [2.05, 4.69) is 5.32 Å². The second-order valence-corrected chi connectivity index (χ2v) is 5.28. The molecule has 1 heterocycles. The molecular weight excluding hydrogens is 298 g/mol. The van der Waals surface area contributed by atoms with Crippen molar-refractivity contribution >= 4 is 17.3 Å². The molecule has 0 aliphatic carbocycles. The molecule has 7 heteroatoms. The Morgan fingerprint density at radius 2 is 1.91 bits per heavy atom. The standard InChI is InChI=1S/C16H17N3O4/c1-10-5-4-6-13(11(10)2)17-15(20)9-18-12(3)14(19(22)23)7-8-16(18)21/h4-8H,9H2,1-3H3,(H,17,20). The number of aryl methyl sites for hydroxylation is 1. The number of amides is 1. The highest BCUT2D eigenvalue weighted by Crippen LogP contribution is 2.18. The van der Waals surface area contributed by atoms with Crippen molar-refractivity contribution < 1.29 is 9.72 Å². The van der Waals surface area contributed by atoms with Crippen molar-refractivity contribution in [2.24, 2.45) is 0 Å². The molecule has 0 aliphatic heterocycles. The van der Waals surface area contributed by atoms with Crippen LogP contribution in [0.5, 0.6) is 0 Å². The normalized spacial score (nSPS) is 10.4. The summed E-state index contributed by atoms with van der Waals surface area (Å²) in [5.74, 6) is -0.413. The van der Waals surface area contributed by atoms with Crippen LogP contribution in [0.3, 0.4) is 0 Å². The lowest BCUT2D eigenvalue weighted by Crippen LogP contribution is -2.29. The molecule has 1 amide bonds. The van der Waals surface area contributed by atoms with E-state index in [1.54, 1.807) is 6.07 Å². The maximum absolute atomic E-state index is 12.2. The van der Waals surface area contributed by atoms with Gasteiger partial charge < -0.3 is 5.32 Å². The fraction of sp³-hybridized carbons (Fsp3) is 0.250. The van der Waals surface area contributed by atoms with Gasteiger partial charge in [-0.15, -0.1) is 0 Å². The number of pyridine rings is 1. The molecule has 1 aromatic heterocycles. The van der Waals surface area contributed by atoms with E-state index in [0.717, 1.165) is 27.8 Å². The van der Waals surface area contributed by atoms with Crippen LogP contribution in [0, 0.1) is 30.9 Å². The summed E-state index contributed by atoms with van der Waals surface area (Å²) >= 11 is 0. The minimum Gasteiger partial charge on any atom is -0.324 e. The summed E-state index contributed by atoms with van der Waals surface area (Å²) in [6.45, 7) is 4.99. The second-order valence-electron chi connectivity index (χ2n) is 5.28. The number of nitrogens with zero attached hydrogens (tertiary/aromatic N) is 2. The molecule has 7 nitrogen and oxygen atoms in total. The summed E-state index contributed by atoms with van der Waals surface area (Å²) in [6.07, 6.45) is 0. The average molecular weight is 315 g/mol. The maximum Gasteiger partial charge on any atom is 0.288 e. The van der Waals surface area contributed by atoms with Gasteiger partial charge in [0.25, 0.3) is 11.2 Å². The molecule has 0 unspecified atom stereocenters. The molecule has 2 aromatic rings. The van der Waals surface area contributed by atoms with Crippen molar-refractivity contribution in [1.29, 1.82) is 0 Å². The zero-order valence-corrected chi connectivity index (χ0v) is 13.1. The minimum absolute atomic E-state index is 0.151. The predicted molar refractivity (Wildman–Crippen MR) is 86.6 cm³/mol. The number of anilines is 1. The van der Waals surface area contributed by atoms with Crippen LogP contribution in [0.25, 0.3) is 0 Å². The molecule has 0 bridgehead atoms.